The molecule has 1 aromatic rings. The van der Waals surface area contributed by atoms with Gasteiger partial charge in [0, 0.05) is 24.0 Å². The molecule has 2 atom stereocenters. The molecular weight excluding hydrogens is 511 g/mol. The zero-order chi connectivity index (χ0) is 27.6. The maximum Gasteiger partial charge on any atom is 0.419 e. The van der Waals surface area contributed by atoms with Crippen molar-refractivity contribution >= 4 is 22.3 Å². The number of carbonyl (C=O) groups excluding carboxylic acids is 1. The molecule has 0 spiro atoms. The molecule has 1 aromatic carbocycles. The van der Waals surface area contributed by atoms with Gasteiger partial charge in [-0.05, 0) is 68.2 Å². The van der Waals surface area contributed by atoms with E-state index in [1.807, 2.05) is 0 Å². The molecular formula is C27H35F5N2O2S. The first-order chi connectivity index (χ1) is 17.6. The zero-order valence-corrected chi connectivity index (χ0v) is 21.8. The quantitative estimate of drug-likeness (QED) is 0.209. The minimum absolute atomic E-state index is 0.0733. The monoisotopic (exact) mass is 546 g/mol. The van der Waals surface area contributed by atoms with Gasteiger partial charge in [-0.25, -0.2) is 4.39 Å². The molecule has 0 bridgehead atoms. The minimum Gasteiger partial charge on any atom is -0.368 e. The Bertz CT molecular complexity index is 980. The number of carbonyl (C=O) groups is 1. The summed E-state index contributed by atoms with van der Waals surface area (Å²) in [5, 5.41) is 0. The molecule has 10 heteroatoms. The molecule has 4 nitrogen and oxygen atoms in total. The molecule has 1 saturated heterocycles. The number of benzene rings is 1. The summed E-state index contributed by atoms with van der Waals surface area (Å²) in [6.07, 6.45) is 2.21. The Morgan fingerprint density at radius 1 is 1.22 bits per heavy atom. The van der Waals surface area contributed by atoms with Crippen molar-refractivity contribution in [1.29, 1.82) is 0 Å². The highest BCUT2D eigenvalue weighted by molar-refractivity contribution is 7.87. The zero-order valence-electron chi connectivity index (χ0n) is 21.0. The highest BCUT2D eigenvalue weighted by Gasteiger charge is 2.47. The van der Waals surface area contributed by atoms with E-state index >= 15 is 0 Å². The fraction of sp³-hybridized carbons (Fsp3) is 0.519. The molecule has 1 aliphatic carbocycles. The SMILES string of the molecule is C=C/C=C(\C=C/CCCC(F)C(F)(F)F)c1ccc(S(=O)C2(C(N)=O)CCN(C3CC3)CC2)cc1.CF. The maximum atomic E-state index is 13.5. The van der Waals surface area contributed by atoms with E-state index in [0.717, 1.165) is 11.1 Å². The lowest BCUT2D eigenvalue weighted by atomic mass is 9.95. The van der Waals surface area contributed by atoms with Crippen molar-refractivity contribution < 1.29 is 31.0 Å². The van der Waals surface area contributed by atoms with Crippen LogP contribution in [0.15, 0.2) is 60.0 Å². The van der Waals surface area contributed by atoms with E-state index in [4.69, 9.17) is 5.73 Å². The summed E-state index contributed by atoms with van der Waals surface area (Å²) in [4.78, 5) is 15.3. The Morgan fingerprint density at radius 2 is 1.81 bits per heavy atom. The van der Waals surface area contributed by atoms with Gasteiger partial charge in [-0.1, -0.05) is 43.0 Å². The van der Waals surface area contributed by atoms with Gasteiger partial charge in [0.05, 0.1) is 18.0 Å². The van der Waals surface area contributed by atoms with Crippen molar-refractivity contribution in [3.8, 4) is 0 Å². The van der Waals surface area contributed by atoms with Crippen LogP contribution in [0.25, 0.3) is 5.57 Å². The van der Waals surface area contributed by atoms with Crippen LogP contribution in [0.1, 0.15) is 50.5 Å². The molecule has 206 valence electrons. The summed E-state index contributed by atoms with van der Waals surface area (Å²) in [6, 6.07) is 7.57. The number of hydrogen-bond acceptors (Lipinski definition) is 3. The predicted octanol–water partition coefficient (Wildman–Crippen LogP) is 6.06. The number of nitrogens with two attached hydrogens (primary N) is 1. The Kier molecular flexibility index (Phi) is 11.7. The fourth-order valence-electron chi connectivity index (χ4n) is 4.37. The average molecular weight is 547 g/mol. The first kappa shape index (κ1) is 30.9. The molecule has 1 heterocycles. The van der Waals surface area contributed by atoms with E-state index in [0.29, 0.717) is 50.5 Å². The van der Waals surface area contributed by atoms with Crippen LogP contribution in [-0.2, 0) is 15.6 Å². The van der Waals surface area contributed by atoms with Gasteiger partial charge < -0.3 is 10.6 Å². The Morgan fingerprint density at radius 3 is 2.30 bits per heavy atom. The number of halogens is 5. The number of nitrogens with zero attached hydrogens (tertiary/aromatic N) is 1. The molecule has 1 saturated carbocycles. The number of primary amides is 1. The van der Waals surface area contributed by atoms with Crippen LogP contribution in [-0.4, -0.2) is 58.4 Å². The van der Waals surface area contributed by atoms with Gasteiger partial charge in [-0.15, -0.1) is 0 Å². The fourth-order valence-corrected chi connectivity index (χ4v) is 5.94. The van der Waals surface area contributed by atoms with E-state index in [1.54, 1.807) is 48.6 Å². The minimum atomic E-state index is -4.82. The molecule has 1 amide bonds. The first-order valence-electron chi connectivity index (χ1n) is 12.2. The summed E-state index contributed by atoms with van der Waals surface area (Å²) in [5.74, 6) is -0.536. The van der Waals surface area contributed by atoms with Crippen molar-refractivity contribution in [1.82, 2.24) is 4.90 Å². The van der Waals surface area contributed by atoms with Crippen LogP contribution in [0, 0.1) is 0 Å². The highest BCUT2D eigenvalue weighted by Crippen LogP contribution is 2.37. The van der Waals surface area contributed by atoms with Crippen LogP contribution in [0.5, 0.6) is 0 Å². The molecule has 0 aromatic heterocycles. The van der Waals surface area contributed by atoms with Crippen LogP contribution in [0.4, 0.5) is 22.0 Å². The third-order valence-corrected chi connectivity index (χ3v) is 8.67. The summed E-state index contributed by atoms with van der Waals surface area (Å²) >= 11 is 0. The van der Waals surface area contributed by atoms with Crippen LogP contribution >= 0.6 is 0 Å². The number of alkyl halides is 5. The van der Waals surface area contributed by atoms with E-state index in [9.17, 15) is 31.0 Å². The van der Waals surface area contributed by atoms with Crippen LogP contribution in [0.2, 0.25) is 0 Å². The number of allylic oxidation sites excluding steroid dienone is 5. The molecule has 2 aliphatic rings. The number of hydrogen-bond donors (Lipinski definition) is 1. The second-order valence-electron chi connectivity index (χ2n) is 9.12. The Hall–Kier alpha value is -2.33. The average Bonchev–Trinajstić information content (AvgIpc) is 3.73. The molecule has 2 N–H and O–H groups in total. The first-order valence-corrected chi connectivity index (χ1v) is 13.4. The molecule has 2 fully saturated rings. The lowest BCUT2D eigenvalue weighted by Crippen LogP contribution is -2.55. The molecule has 0 radical (unpaired) electrons. The Labute approximate surface area is 217 Å². The van der Waals surface area contributed by atoms with Crippen molar-refractivity contribution in [2.45, 2.75) is 73.0 Å². The summed E-state index contributed by atoms with van der Waals surface area (Å²) in [7, 11) is -1.10. The number of unbranched alkanes of at least 4 members (excludes halogenated alkanes) is 1. The van der Waals surface area contributed by atoms with Crippen molar-refractivity contribution in [3.05, 3.63) is 60.7 Å². The lowest BCUT2D eigenvalue weighted by Gasteiger charge is -2.39. The van der Waals surface area contributed by atoms with E-state index in [-0.39, 0.29) is 6.42 Å². The van der Waals surface area contributed by atoms with E-state index in [1.165, 1.54) is 12.8 Å². The van der Waals surface area contributed by atoms with Gasteiger partial charge in [0.25, 0.3) is 0 Å². The summed E-state index contributed by atoms with van der Waals surface area (Å²) < 4.78 is 71.7. The summed E-state index contributed by atoms with van der Waals surface area (Å²) in [5.41, 5.74) is 7.30. The number of amides is 1. The van der Waals surface area contributed by atoms with Crippen molar-refractivity contribution in [2.24, 2.45) is 5.73 Å². The highest BCUT2D eigenvalue weighted by atomic mass is 32.2. The van der Waals surface area contributed by atoms with Gasteiger partial charge in [-0.2, -0.15) is 13.2 Å². The smallest absolute Gasteiger partial charge is 0.368 e. The van der Waals surface area contributed by atoms with Gasteiger partial charge in [-0.3, -0.25) is 13.4 Å². The third kappa shape index (κ3) is 8.33. The van der Waals surface area contributed by atoms with Crippen LogP contribution in [0.3, 0.4) is 0 Å². The molecule has 2 unspecified atom stereocenters. The normalized spacial score (nSPS) is 20.1. The maximum absolute atomic E-state index is 13.5. The predicted molar refractivity (Wildman–Crippen MR) is 138 cm³/mol. The second-order valence-corrected chi connectivity index (χ2v) is 10.9. The number of piperidine rings is 1. The molecule has 1 aliphatic heterocycles. The van der Waals surface area contributed by atoms with E-state index < -0.39 is 40.2 Å². The van der Waals surface area contributed by atoms with Crippen LogP contribution < -0.4 is 5.73 Å². The lowest BCUT2D eigenvalue weighted by molar-refractivity contribution is -0.182. The van der Waals surface area contributed by atoms with Gasteiger partial charge in [0.15, 0.2) is 6.17 Å². The van der Waals surface area contributed by atoms with Gasteiger partial charge in [0.2, 0.25) is 5.91 Å². The number of likely N-dealkylation sites (tertiary alicyclic amines) is 1. The van der Waals surface area contributed by atoms with Gasteiger partial charge in [0.1, 0.15) is 4.75 Å². The number of rotatable bonds is 11. The van der Waals surface area contributed by atoms with Crippen molar-refractivity contribution in [2.75, 3.05) is 20.3 Å². The van der Waals surface area contributed by atoms with Crippen molar-refractivity contribution in [3.63, 3.8) is 0 Å². The third-order valence-electron chi connectivity index (χ3n) is 6.65. The largest absolute Gasteiger partial charge is 0.419 e. The standard InChI is InChI=1S/C26H32F4N2O2S.CH3F/c1-2-6-19(7-4-3-5-8-23(27)26(28,29)30)20-9-13-22(14-10-20)35(34)25(24(31)33)15-17-32(18-16-25)21-11-12-21;1-2/h2,4,6-7,9-10,13-14,21,23H,1,3,5,8,11-12,15-18H2,(H2,31,33);1H3/b7-4-,19-6+;. The van der Waals surface area contributed by atoms with E-state index in [2.05, 4.69) is 11.5 Å². The molecule has 3 rings (SSSR count). The topological polar surface area (TPSA) is 63.4 Å². The Balaban J connectivity index is 0.00000235. The van der Waals surface area contributed by atoms with Gasteiger partial charge >= 0.3 is 6.18 Å². The summed E-state index contributed by atoms with van der Waals surface area (Å²) in [6.45, 7) is 5.11. The molecule has 37 heavy (non-hydrogen) atoms. The second kappa shape index (κ2) is 14.0.